The maximum Gasteiger partial charge on any atom is 0.307 e. The van der Waals surface area contributed by atoms with E-state index >= 15 is 0 Å². The molecular formula is C15H23NO3. The molecule has 0 bridgehead atoms. The molecule has 4 nitrogen and oxygen atoms in total. The molecule has 4 heteroatoms. The molecule has 2 atom stereocenters. The Morgan fingerprint density at radius 3 is 2.47 bits per heavy atom. The number of carbonyl (C=O) groups is 1. The first-order chi connectivity index (χ1) is 9.06. The van der Waals surface area contributed by atoms with Crippen molar-refractivity contribution < 1.29 is 14.6 Å². The quantitative estimate of drug-likeness (QED) is 0.756. The number of nitrogens with two attached hydrogens (primary N) is 1. The molecule has 0 heterocycles. The van der Waals surface area contributed by atoms with Crippen molar-refractivity contribution in [3.8, 4) is 5.75 Å². The summed E-state index contributed by atoms with van der Waals surface area (Å²) in [5.41, 5.74) is 6.66. The molecule has 19 heavy (non-hydrogen) atoms. The van der Waals surface area contributed by atoms with Crippen LogP contribution in [0, 0.1) is 11.8 Å². The van der Waals surface area contributed by atoms with Gasteiger partial charge in [0.15, 0.2) is 0 Å². The van der Waals surface area contributed by atoms with Gasteiger partial charge in [0.05, 0.1) is 12.5 Å². The van der Waals surface area contributed by atoms with E-state index in [0.29, 0.717) is 18.9 Å². The van der Waals surface area contributed by atoms with Crippen LogP contribution >= 0.6 is 0 Å². The number of rotatable bonds is 8. The third-order valence-corrected chi connectivity index (χ3v) is 3.14. The molecule has 106 valence electrons. The Hall–Kier alpha value is -1.55. The van der Waals surface area contributed by atoms with Crippen LogP contribution in [0.2, 0.25) is 0 Å². The number of carboxylic acids is 1. The van der Waals surface area contributed by atoms with Crippen molar-refractivity contribution in [3.05, 3.63) is 29.8 Å². The molecule has 0 spiro atoms. The van der Waals surface area contributed by atoms with Gasteiger partial charge < -0.3 is 15.6 Å². The highest BCUT2D eigenvalue weighted by atomic mass is 16.5. The van der Waals surface area contributed by atoms with Gasteiger partial charge in [-0.05, 0) is 43.4 Å². The molecule has 0 aromatic heterocycles. The Morgan fingerprint density at radius 2 is 2.00 bits per heavy atom. The summed E-state index contributed by atoms with van der Waals surface area (Å²) < 4.78 is 5.38. The van der Waals surface area contributed by atoms with Crippen molar-refractivity contribution in [2.75, 3.05) is 13.2 Å². The zero-order chi connectivity index (χ0) is 14.3. The Balaban J connectivity index is 2.51. The predicted molar refractivity (Wildman–Crippen MR) is 75.3 cm³/mol. The summed E-state index contributed by atoms with van der Waals surface area (Å²) in [6.07, 6.45) is 1.47. The van der Waals surface area contributed by atoms with E-state index in [1.807, 2.05) is 31.2 Å². The molecule has 0 amide bonds. The van der Waals surface area contributed by atoms with Gasteiger partial charge >= 0.3 is 5.97 Å². The summed E-state index contributed by atoms with van der Waals surface area (Å²) in [5.74, 6) is -0.0920. The van der Waals surface area contributed by atoms with E-state index in [0.717, 1.165) is 12.2 Å². The van der Waals surface area contributed by atoms with E-state index in [-0.39, 0.29) is 6.54 Å². The zero-order valence-corrected chi connectivity index (χ0v) is 11.6. The summed E-state index contributed by atoms with van der Waals surface area (Å²) >= 11 is 0. The van der Waals surface area contributed by atoms with Crippen LogP contribution in [0.15, 0.2) is 24.3 Å². The van der Waals surface area contributed by atoms with E-state index in [9.17, 15) is 4.79 Å². The first kappa shape index (κ1) is 15.5. The molecule has 1 aromatic rings. The fraction of sp³-hybridized carbons (Fsp3) is 0.533. The Kier molecular flexibility index (Phi) is 6.36. The lowest BCUT2D eigenvalue weighted by molar-refractivity contribution is -0.141. The summed E-state index contributed by atoms with van der Waals surface area (Å²) in [5, 5.41) is 8.99. The first-order valence-corrected chi connectivity index (χ1v) is 6.71. The number of benzene rings is 1. The standard InChI is InChI=1S/C15H23NO3/c1-3-19-14-6-4-12(5-7-14)8-11(2)9-13(10-16)15(17)18/h4-7,11,13H,3,8-10,16H2,1-2H3,(H,17,18). The SMILES string of the molecule is CCOc1ccc(CC(C)CC(CN)C(=O)O)cc1. The maximum atomic E-state index is 10.9. The minimum Gasteiger partial charge on any atom is -0.494 e. The Bertz CT molecular complexity index is 389. The normalized spacial score (nSPS) is 13.8. The van der Waals surface area contributed by atoms with Crippen LogP contribution in [-0.4, -0.2) is 24.2 Å². The van der Waals surface area contributed by atoms with Crippen molar-refractivity contribution in [1.82, 2.24) is 0 Å². The third kappa shape index (κ3) is 5.30. The molecule has 0 aliphatic carbocycles. The molecule has 1 rings (SSSR count). The van der Waals surface area contributed by atoms with E-state index in [1.165, 1.54) is 5.56 Å². The molecular weight excluding hydrogens is 242 g/mol. The van der Waals surface area contributed by atoms with Crippen LogP contribution in [-0.2, 0) is 11.2 Å². The summed E-state index contributed by atoms with van der Waals surface area (Å²) in [4.78, 5) is 10.9. The molecule has 0 saturated heterocycles. The van der Waals surface area contributed by atoms with Crippen molar-refractivity contribution in [3.63, 3.8) is 0 Å². The molecule has 0 fully saturated rings. The maximum absolute atomic E-state index is 10.9. The average molecular weight is 265 g/mol. The highest BCUT2D eigenvalue weighted by molar-refractivity contribution is 5.70. The second-order valence-electron chi connectivity index (χ2n) is 4.89. The highest BCUT2D eigenvalue weighted by Crippen LogP contribution is 2.19. The van der Waals surface area contributed by atoms with Gasteiger partial charge in [-0.2, -0.15) is 0 Å². The minimum absolute atomic E-state index is 0.197. The first-order valence-electron chi connectivity index (χ1n) is 6.71. The van der Waals surface area contributed by atoms with Crippen LogP contribution in [0.3, 0.4) is 0 Å². The Labute approximate surface area is 114 Å². The van der Waals surface area contributed by atoms with Crippen molar-refractivity contribution in [2.24, 2.45) is 17.6 Å². The summed E-state index contributed by atoms with van der Waals surface area (Å²) in [6, 6.07) is 7.95. The number of ether oxygens (including phenoxy) is 1. The second-order valence-corrected chi connectivity index (χ2v) is 4.89. The van der Waals surface area contributed by atoms with E-state index in [4.69, 9.17) is 15.6 Å². The molecule has 2 unspecified atom stereocenters. The van der Waals surface area contributed by atoms with Crippen LogP contribution in [0.4, 0.5) is 0 Å². The van der Waals surface area contributed by atoms with Crippen LogP contribution < -0.4 is 10.5 Å². The predicted octanol–water partition coefficient (Wildman–Crippen LogP) is 2.31. The van der Waals surface area contributed by atoms with E-state index in [2.05, 4.69) is 6.92 Å². The van der Waals surface area contributed by atoms with Gasteiger partial charge in [-0.25, -0.2) is 0 Å². The summed E-state index contributed by atoms with van der Waals surface area (Å²) in [7, 11) is 0. The zero-order valence-electron chi connectivity index (χ0n) is 11.6. The molecule has 1 aromatic carbocycles. The third-order valence-electron chi connectivity index (χ3n) is 3.14. The van der Waals surface area contributed by atoms with Crippen molar-refractivity contribution in [2.45, 2.75) is 26.7 Å². The van der Waals surface area contributed by atoms with Crippen molar-refractivity contribution in [1.29, 1.82) is 0 Å². The lowest BCUT2D eigenvalue weighted by Crippen LogP contribution is -2.25. The smallest absolute Gasteiger partial charge is 0.307 e. The lowest BCUT2D eigenvalue weighted by Gasteiger charge is -2.16. The topological polar surface area (TPSA) is 72.5 Å². The highest BCUT2D eigenvalue weighted by Gasteiger charge is 2.18. The average Bonchev–Trinajstić information content (AvgIpc) is 2.38. The van der Waals surface area contributed by atoms with Crippen LogP contribution in [0.1, 0.15) is 25.8 Å². The molecule has 0 aliphatic rings. The van der Waals surface area contributed by atoms with Crippen LogP contribution in [0.5, 0.6) is 5.75 Å². The van der Waals surface area contributed by atoms with Crippen molar-refractivity contribution >= 4 is 5.97 Å². The Morgan fingerprint density at radius 1 is 1.37 bits per heavy atom. The molecule has 0 saturated carbocycles. The number of hydrogen-bond acceptors (Lipinski definition) is 3. The second kappa shape index (κ2) is 7.79. The number of aliphatic carboxylic acids is 1. The van der Waals surface area contributed by atoms with Gasteiger partial charge in [-0.3, -0.25) is 4.79 Å². The number of carboxylic acid groups (broad SMARTS) is 1. The fourth-order valence-corrected chi connectivity index (χ4v) is 2.16. The van der Waals surface area contributed by atoms with Gasteiger partial charge in [-0.15, -0.1) is 0 Å². The van der Waals surface area contributed by atoms with Gasteiger partial charge in [0.2, 0.25) is 0 Å². The van der Waals surface area contributed by atoms with Gasteiger partial charge in [0.25, 0.3) is 0 Å². The van der Waals surface area contributed by atoms with Gasteiger partial charge in [-0.1, -0.05) is 19.1 Å². The fourth-order valence-electron chi connectivity index (χ4n) is 2.16. The summed E-state index contributed by atoms with van der Waals surface area (Å²) in [6.45, 7) is 4.87. The minimum atomic E-state index is -0.805. The molecule has 3 N–H and O–H groups in total. The monoisotopic (exact) mass is 265 g/mol. The number of hydrogen-bond donors (Lipinski definition) is 2. The van der Waals surface area contributed by atoms with Gasteiger partial charge in [0.1, 0.15) is 5.75 Å². The van der Waals surface area contributed by atoms with E-state index in [1.54, 1.807) is 0 Å². The largest absolute Gasteiger partial charge is 0.494 e. The van der Waals surface area contributed by atoms with Crippen LogP contribution in [0.25, 0.3) is 0 Å². The molecule has 0 aliphatic heterocycles. The lowest BCUT2D eigenvalue weighted by atomic mass is 9.91. The van der Waals surface area contributed by atoms with Gasteiger partial charge in [0, 0.05) is 6.54 Å². The van der Waals surface area contributed by atoms with E-state index < -0.39 is 11.9 Å². The molecule has 0 radical (unpaired) electrons.